The molecule has 0 aromatic carbocycles. The van der Waals surface area contributed by atoms with Crippen molar-refractivity contribution in [2.75, 3.05) is 26.7 Å². The van der Waals surface area contributed by atoms with Crippen molar-refractivity contribution < 1.29 is 9.72 Å². The van der Waals surface area contributed by atoms with Crippen LogP contribution in [0.5, 0.6) is 0 Å². The van der Waals surface area contributed by atoms with Crippen molar-refractivity contribution in [3.63, 3.8) is 0 Å². The Bertz CT molecular complexity index is 475. The van der Waals surface area contributed by atoms with Crippen molar-refractivity contribution >= 4 is 24.0 Å². The summed E-state index contributed by atoms with van der Waals surface area (Å²) in [6.07, 6.45) is 3.33. The number of carbonyl (C=O) groups excluding carboxylic acids is 1. The number of halogens is 1. The highest BCUT2D eigenvalue weighted by Crippen LogP contribution is 2.19. The summed E-state index contributed by atoms with van der Waals surface area (Å²) in [6.45, 7) is 2.30. The number of piperidine rings is 1. The number of rotatable bonds is 4. The molecule has 1 unspecified atom stereocenters. The van der Waals surface area contributed by atoms with E-state index in [2.05, 4.69) is 10.3 Å². The first kappa shape index (κ1) is 16.5. The summed E-state index contributed by atoms with van der Waals surface area (Å²) in [7, 11) is 1.90. The highest BCUT2D eigenvalue weighted by Gasteiger charge is 2.25. The van der Waals surface area contributed by atoms with Gasteiger partial charge in [0.2, 0.25) is 0 Å². The number of likely N-dealkylation sites (tertiary alicyclic amines) is 1. The van der Waals surface area contributed by atoms with Gasteiger partial charge in [0, 0.05) is 19.2 Å². The van der Waals surface area contributed by atoms with Gasteiger partial charge in [-0.25, -0.2) is 0 Å². The molecule has 0 bridgehead atoms. The van der Waals surface area contributed by atoms with Gasteiger partial charge in [-0.05, 0) is 32.4 Å². The van der Waals surface area contributed by atoms with Crippen LogP contribution in [-0.4, -0.2) is 47.4 Å². The summed E-state index contributed by atoms with van der Waals surface area (Å²) < 4.78 is 0. The number of amides is 1. The molecule has 112 valence electrons. The van der Waals surface area contributed by atoms with Gasteiger partial charge in [0.15, 0.2) is 0 Å². The fraction of sp³-hybridized carbons (Fsp3) is 0.583. The van der Waals surface area contributed by atoms with Gasteiger partial charge in [-0.15, -0.1) is 12.4 Å². The first-order valence-electron chi connectivity index (χ1n) is 6.38. The minimum atomic E-state index is -0.507. The number of aromatic nitrogens is 1. The van der Waals surface area contributed by atoms with Gasteiger partial charge in [0.05, 0.1) is 11.1 Å². The molecule has 1 atom stereocenters. The number of hydrogen-bond donors (Lipinski definition) is 2. The number of nitrogens with one attached hydrogen (secondary N) is 2. The number of aromatic amines is 1. The summed E-state index contributed by atoms with van der Waals surface area (Å²) in [5.41, 5.74) is 0.212. The first-order chi connectivity index (χ1) is 9.11. The van der Waals surface area contributed by atoms with Crippen molar-refractivity contribution in [1.29, 1.82) is 0 Å². The van der Waals surface area contributed by atoms with Gasteiger partial charge >= 0.3 is 0 Å². The molecule has 20 heavy (non-hydrogen) atoms. The highest BCUT2D eigenvalue weighted by molar-refractivity contribution is 5.93. The Morgan fingerprint density at radius 3 is 3.00 bits per heavy atom. The fourth-order valence-electron chi connectivity index (χ4n) is 2.49. The Kier molecular flexibility index (Phi) is 5.97. The molecule has 2 N–H and O–H groups in total. The Morgan fingerprint density at radius 1 is 1.65 bits per heavy atom. The predicted molar refractivity (Wildman–Crippen MR) is 77.2 cm³/mol. The van der Waals surface area contributed by atoms with E-state index < -0.39 is 4.92 Å². The monoisotopic (exact) mass is 302 g/mol. The van der Waals surface area contributed by atoms with Crippen LogP contribution in [0, 0.1) is 16.0 Å². The van der Waals surface area contributed by atoms with Gasteiger partial charge in [0.1, 0.15) is 5.69 Å². The van der Waals surface area contributed by atoms with Crippen LogP contribution < -0.4 is 5.32 Å². The van der Waals surface area contributed by atoms with Crippen LogP contribution >= 0.6 is 12.4 Å². The average Bonchev–Trinajstić information content (AvgIpc) is 2.88. The fourth-order valence-corrected chi connectivity index (χ4v) is 2.49. The lowest BCUT2D eigenvalue weighted by atomic mass is 9.98. The Labute approximate surface area is 123 Å². The predicted octanol–water partition coefficient (Wildman–Crippen LogP) is 1.42. The first-order valence-corrected chi connectivity index (χ1v) is 6.38. The molecule has 1 amide bonds. The molecule has 7 nitrogen and oxygen atoms in total. The number of nitrogens with zero attached hydrogens (tertiary/aromatic N) is 2. The summed E-state index contributed by atoms with van der Waals surface area (Å²) in [5, 5.41) is 13.7. The van der Waals surface area contributed by atoms with Crippen LogP contribution in [0.25, 0.3) is 0 Å². The number of hydrogen-bond acceptors (Lipinski definition) is 4. The quantitative estimate of drug-likeness (QED) is 0.650. The molecule has 1 saturated heterocycles. The smallest absolute Gasteiger partial charge is 0.287 e. The van der Waals surface area contributed by atoms with Gasteiger partial charge in [-0.3, -0.25) is 14.9 Å². The van der Waals surface area contributed by atoms with Crippen LogP contribution in [0.15, 0.2) is 12.3 Å². The molecule has 1 fully saturated rings. The van der Waals surface area contributed by atoms with Crippen molar-refractivity contribution in [2.24, 2.45) is 5.92 Å². The second-order valence-corrected chi connectivity index (χ2v) is 4.85. The maximum Gasteiger partial charge on any atom is 0.287 e. The second kappa shape index (κ2) is 7.25. The average molecular weight is 303 g/mol. The van der Waals surface area contributed by atoms with Gasteiger partial charge < -0.3 is 15.2 Å². The number of H-pyrrole nitrogens is 1. The Morgan fingerprint density at radius 2 is 2.40 bits per heavy atom. The molecule has 2 rings (SSSR count). The molecule has 0 spiro atoms. The maximum absolute atomic E-state index is 12.2. The van der Waals surface area contributed by atoms with Crippen molar-refractivity contribution in [3.05, 3.63) is 28.1 Å². The third-order valence-electron chi connectivity index (χ3n) is 3.41. The van der Waals surface area contributed by atoms with Crippen LogP contribution in [-0.2, 0) is 0 Å². The zero-order valence-corrected chi connectivity index (χ0v) is 12.1. The highest BCUT2D eigenvalue weighted by atomic mass is 35.5. The molecule has 2 heterocycles. The SMILES string of the molecule is CNCC1CCCN(C(=O)c2cc([N+](=O)[O-])c[nH]2)C1.Cl. The molecule has 1 aromatic heterocycles. The lowest BCUT2D eigenvalue weighted by molar-refractivity contribution is -0.384. The third kappa shape index (κ3) is 3.71. The van der Waals surface area contributed by atoms with Crippen molar-refractivity contribution in [2.45, 2.75) is 12.8 Å². The van der Waals surface area contributed by atoms with Gasteiger partial charge in [-0.2, -0.15) is 0 Å². The molecule has 1 aliphatic heterocycles. The van der Waals surface area contributed by atoms with Crippen LogP contribution in [0.2, 0.25) is 0 Å². The van der Waals surface area contributed by atoms with E-state index in [1.807, 2.05) is 7.05 Å². The molecule has 0 aliphatic carbocycles. The van der Waals surface area contributed by atoms with E-state index >= 15 is 0 Å². The molecule has 1 aliphatic rings. The largest absolute Gasteiger partial charge is 0.351 e. The van der Waals surface area contributed by atoms with E-state index in [4.69, 9.17) is 0 Å². The molecular formula is C12H19ClN4O3. The van der Waals surface area contributed by atoms with Crippen molar-refractivity contribution in [3.8, 4) is 0 Å². The lowest BCUT2D eigenvalue weighted by Gasteiger charge is -2.32. The molecule has 8 heteroatoms. The zero-order chi connectivity index (χ0) is 13.8. The van der Waals surface area contributed by atoms with E-state index in [0.29, 0.717) is 19.0 Å². The number of carbonyl (C=O) groups is 1. The maximum atomic E-state index is 12.2. The third-order valence-corrected chi connectivity index (χ3v) is 3.41. The summed E-state index contributed by atoms with van der Waals surface area (Å²) >= 11 is 0. The molecular weight excluding hydrogens is 284 g/mol. The minimum Gasteiger partial charge on any atom is -0.351 e. The minimum absolute atomic E-state index is 0. The van der Waals surface area contributed by atoms with E-state index in [-0.39, 0.29) is 29.7 Å². The van der Waals surface area contributed by atoms with Crippen LogP contribution in [0.3, 0.4) is 0 Å². The molecule has 0 radical (unpaired) electrons. The van der Waals surface area contributed by atoms with Crippen LogP contribution in [0.1, 0.15) is 23.3 Å². The summed E-state index contributed by atoms with van der Waals surface area (Å²) in [6, 6.07) is 1.30. The number of nitro groups is 1. The second-order valence-electron chi connectivity index (χ2n) is 4.85. The van der Waals surface area contributed by atoms with E-state index in [0.717, 1.165) is 19.4 Å². The van der Waals surface area contributed by atoms with Crippen molar-refractivity contribution in [1.82, 2.24) is 15.2 Å². The van der Waals surface area contributed by atoms with Gasteiger partial charge in [0.25, 0.3) is 11.6 Å². The Hall–Kier alpha value is -1.60. The summed E-state index contributed by atoms with van der Waals surface area (Å²) in [5.74, 6) is 0.293. The van der Waals surface area contributed by atoms with Crippen LogP contribution in [0.4, 0.5) is 5.69 Å². The van der Waals surface area contributed by atoms with E-state index in [1.54, 1.807) is 4.90 Å². The topological polar surface area (TPSA) is 91.3 Å². The van der Waals surface area contributed by atoms with Gasteiger partial charge in [-0.1, -0.05) is 0 Å². The Balaban J connectivity index is 0.00000200. The van der Waals surface area contributed by atoms with E-state index in [1.165, 1.54) is 12.3 Å². The molecule has 1 aromatic rings. The summed E-state index contributed by atoms with van der Waals surface area (Å²) in [4.78, 5) is 26.8. The lowest BCUT2D eigenvalue weighted by Crippen LogP contribution is -2.42. The molecule has 0 saturated carbocycles. The zero-order valence-electron chi connectivity index (χ0n) is 11.3. The van der Waals surface area contributed by atoms with E-state index in [9.17, 15) is 14.9 Å². The normalized spacial score (nSPS) is 18.4. The standard InChI is InChI=1S/C12H18N4O3.ClH/c1-13-6-9-3-2-4-15(8-9)12(17)11-5-10(7-14-11)16(18)19;/h5,7,9,13-14H,2-4,6,8H2,1H3;1H.